The van der Waals surface area contributed by atoms with Gasteiger partial charge in [-0.15, -0.1) is 21.8 Å². The van der Waals surface area contributed by atoms with E-state index in [-0.39, 0.29) is 10.6 Å². The summed E-state index contributed by atoms with van der Waals surface area (Å²) in [6, 6.07) is 1.25. The second-order valence-electron chi connectivity index (χ2n) is 3.54. The number of benzene rings is 1. The standard InChI is InChI=1S/C11H8ClF3N2S/c12-3-1-2-9-16-17-11(18-9)10-7(14)4-6(13)5-8(10)15/h4-5H,1-3H2. The highest BCUT2D eigenvalue weighted by molar-refractivity contribution is 7.14. The van der Waals surface area contributed by atoms with Crippen LogP contribution in [0.1, 0.15) is 11.4 Å². The number of nitrogens with zero attached hydrogens (tertiary/aromatic N) is 2. The monoisotopic (exact) mass is 292 g/mol. The molecule has 0 aliphatic rings. The molecule has 96 valence electrons. The van der Waals surface area contributed by atoms with Crippen molar-refractivity contribution in [3.63, 3.8) is 0 Å². The summed E-state index contributed by atoms with van der Waals surface area (Å²) >= 11 is 6.61. The van der Waals surface area contributed by atoms with Crippen molar-refractivity contribution in [3.8, 4) is 10.6 Å². The molecule has 1 heterocycles. The number of rotatable bonds is 4. The summed E-state index contributed by atoms with van der Waals surface area (Å²) in [5, 5.41) is 8.28. The molecule has 0 saturated heterocycles. The summed E-state index contributed by atoms with van der Waals surface area (Å²) in [7, 11) is 0. The maximum Gasteiger partial charge on any atom is 0.153 e. The van der Waals surface area contributed by atoms with Gasteiger partial charge in [0.15, 0.2) is 5.01 Å². The lowest BCUT2D eigenvalue weighted by Gasteiger charge is -2.00. The molecule has 0 spiro atoms. The Bertz CT molecular complexity index is 536. The highest BCUT2D eigenvalue weighted by atomic mass is 35.5. The Kier molecular flexibility index (Phi) is 4.19. The van der Waals surface area contributed by atoms with Crippen molar-refractivity contribution in [2.75, 3.05) is 5.88 Å². The van der Waals surface area contributed by atoms with Crippen LogP contribution in [0.2, 0.25) is 0 Å². The second kappa shape index (κ2) is 5.67. The SMILES string of the molecule is Fc1cc(F)c(-c2nnc(CCCCl)s2)c(F)c1. The maximum atomic E-state index is 13.5. The van der Waals surface area contributed by atoms with E-state index in [4.69, 9.17) is 11.6 Å². The first-order valence-electron chi connectivity index (χ1n) is 5.15. The predicted molar refractivity (Wildman–Crippen MR) is 64.3 cm³/mol. The van der Waals surface area contributed by atoms with Gasteiger partial charge in [-0.05, 0) is 6.42 Å². The van der Waals surface area contributed by atoms with Crippen LogP contribution in [0.15, 0.2) is 12.1 Å². The number of halogens is 4. The summed E-state index contributed by atoms with van der Waals surface area (Å²) in [5.41, 5.74) is -0.342. The molecule has 0 fully saturated rings. The average Bonchev–Trinajstić information content (AvgIpc) is 2.73. The zero-order valence-corrected chi connectivity index (χ0v) is 10.7. The third-order valence-electron chi connectivity index (χ3n) is 2.21. The maximum absolute atomic E-state index is 13.5. The fourth-order valence-corrected chi connectivity index (χ4v) is 2.48. The van der Waals surface area contributed by atoms with Crippen LogP contribution in [-0.4, -0.2) is 16.1 Å². The first-order valence-corrected chi connectivity index (χ1v) is 6.50. The molecule has 0 unspecified atom stereocenters. The van der Waals surface area contributed by atoms with E-state index in [2.05, 4.69) is 10.2 Å². The molecule has 1 aromatic carbocycles. The Morgan fingerprint density at radius 1 is 1.11 bits per heavy atom. The average molecular weight is 293 g/mol. The van der Waals surface area contributed by atoms with Gasteiger partial charge in [0.05, 0.1) is 5.56 Å². The van der Waals surface area contributed by atoms with E-state index in [1.807, 2.05) is 0 Å². The molecule has 0 saturated carbocycles. The topological polar surface area (TPSA) is 25.8 Å². The number of aryl methyl sites for hydroxylation is 1. The van der Waals surface area contributed by atoms with Crippen LogP contribution < -0.4 is 0 Å². The van der Waals surface area contributed by atoms with Crippen LogP contribution in [0.3, 0.4) is 0 Å². The van der Waals surface area contributed by atoms with Gasteiger partial charge >= 0.3 is 0 Å². The Hall–Kier alpha value is -1.14. The first-order chi connectivity index (χ1) is 8.61. The fourth-order valence-electron chi connectivity index (χ4n) is 1.42. The summed E-state index contributed by atoms with van der Waals surface area (Å²) < 4.78 is 39.8. The van der Waals surface area contributed by atoms with Gasteiger partial charge in [0.25, 0.3) is 0 Å². The Labute approximate surface area is 110 Å². The number of aromatic nitrogens is 2. The molecule has 2 rings (SSSR count). The molecule has 0 N–H and O–H groups in total. The van der Waals surface area contributed by atoms with Crippen molar-refractivity contribution in [2.45, 2.75) is 12.8 Å². The normalized spacial score (nSPS) is 10.9. The van der Waals surface area contributed by atoms with E-state index >= 15 is 0 Å². The van der Waals surface area contributed by atoms with Gasteiger partial charge in [-0.1, -0.05) is 11.3 Å². The number of hydrogen-bond acceptors (Lipinski definition) is 3. The molecule has 0 radical (unpaired) electrons. The molecular weight excluding hydrogens is 285 g/mol. The minimum Gasteiger partial charge on any atom is -0.207 e. The Balaban J connectivity index is 2.34. The quantitative estimate of drug-likeness (QED) is 0.801. The van der Waals surface area contributed by atoms with E-state index in [0.29, 0.717) is 35.9 Å². The summed E-state index contributed by atoms with van der Waals surface area (Å²) in [6.45, 7) is 0. The molecular formula is C11H8ClF3N2S. The molecule has 18 heavy (non-hydrogen) atoms. The molecule has 0 atom stereocenters. The van der Waals surface area contributed by atoms with Gasteiger partial charge in [-0.3, -0.25) is 0 Å². The zero-order valence-electron chi connectivity index (χ0n) is 9.09. The number of alkyl halides is 1. The van der Waals surface area contributed by atoms with Crippen LogP contribution in [0.5, 0.6) is 0 Å². The summed E-state index contributed by atoms with van der Waals surface area (Å²) in [5.74, 6) is -2.44. The summed E-state index contributed by atoms with van der Waals surface area (Å²) in [6.07, 6.45) is 1.32. The van der Waals surface area contributed by atoms with Crippen molar-refractivity contribution >= 4 is 22.9 Å². The third kappa shape index (κ3) is 2.81. The van der Waals surface area contributed by atoms with Gasteiger partial charge in [0.1, 0.15) is 22.5 Å². The largest absolute Gasteiger partial charge is 0.207 e. The molecule has 2 aromatic rings. The van der Waals surface area contributed by atoms with Gasteiger partial charge in [0.2, 0.25) is 0 Å². The zero-order chi connectivity index (χ0) is 13.1. The molecule has 7 heteroatoms. The first kappa shape index (κ1) is 13.3. The van der Waals surface area contributed by atoms with E-state index < -0.39 is 17.5 Å². The van der Waals surface area contributed by atoms with E-state index in [9.17, 15) is 13.2 Å². The van der Waals surface area contributed by atoms with Crippen LogP contribution >= 0.6 is 22.9 Å². The lowest BCUT2D eigenvalue weighted by molar-refractivity contribution is 0.547. The predicted octanol–water partition coefficient (Wildman–Crippen LogP) is 3.79. The molecule has 0 aliphatic carbocycles. The van der Waals surface area contributed by atoms with Gasteiger partial charge in [-0.25, -0.2) is 13.2 Å². The Morgan fingerprint density at radius 3 is 2.39 bits per heavy atom. The van der Waals surface area contributed by atoms with Crippen molar-refractivity contribution < 1.29 is 13.2 Å². The molecule has 2 nitrogen and oxygen atoms in total. The van der Waals surface area contributed by atoms with Crippen molar-refractivity contribution in [2.24, 2.45) is 0 Å². The van der Waals surface area contributed by atoms with Crippen molar-refractivity contribution in [1.82, 2.24) is 10.2 Å². The lowest BCUT2D eigenvalue weighted by atomic mass is 10.2. The molecule has 1 aromatic heterocycles. The Morgan fingerprint density at radius 2 is 1.78 bits per heavy atom. The van der Waals surface area contributed by atoms with Crippen LogP contribution in [-0.2, 0) is 6.42 Å². The second-order valence-corrected chi connectivity index (χ2v) is 4.98. The van der Waals surface area contributed by atoms with Crippen LogP contribution in [0.25, 0.3) is 10.6 Å². The van der Waals surface area contributed by atoms with Gasteiger partial charge in [-0.2, -0.15) is 0 Å². The van der Waals surface area contributed by atoms with E-state index in [1.165, 1.54) is 0 Å². The fraction of sp³-hybridized carbons (Fsp3) is 0.273. The summed E-state index contributed by atoms with van der Waals surface area (Å²) in [4.78, 5) is 0. The number of hydrogen-bond donors (Lipinski definition) is 0. The van der Waals surface area contributed by atoms with E-state index in [1.54, 1.807) is 0 Å². The van der Waals surface area contributed by atoms with Crippen molar-refractivity contribution in [1.29, 1.82) is 0 Å². The minimum absolute atomic E-state index is 0.106. The van der Waals surface area contributed by atoms with Gasteiger partial charge in [0, 0.05) is 24.4 Å². The highest BCUT2D eigenvalue weighted by Crippen LogP contribution is 2.29. The molecule has 0 amide bonds. The minimum atomic E-state index is -0.979. The van der Waals surface area contributed by atoms with Gasteiger partial charge < -0.3 is 0 Å². The lowest BCUT2D eigenvalue weighted by Crippen LogP contribution is -1.91. The van der Waals surface area contributed by atoms with Crippen LogP contribution in [0.4, 0.5) is 13.2 Å². The third-order valence-corrected chi connectivity index (χ3v) is 3.48. The highest BCUT2D eigenvalue weighted by Gasteiger charge is 2.17. The smallest absolute Gasteiger partial charge is 0.153 e. The van der Waals surface area contributed by atoms with Crippen molar-refractivity contribution in [3.05, 3.63) is 34.6 Å². The molecule has 0 bridgehead atoms. The van der Waals surface area contributed by atoms with E-state index in [0.717, 1.165) is 11.3 Å². The molecule has 0 aliphatic heterocycles. The van der Waals surface area contributed by atoms with Crippen LogP contribution in [0, 0.1) is 17.5 Å².